The third-order valence-electron chi connectivity index (χ3n) is 4.68. The molecule has 1 aromatic heterocycles. The number of hydrogen-bond donors (Lipinski definition) is 0. The number of nitrogens with zero attached hydrogens (tertiary/aromatic N) is 2. The van der Waals surface area contributed by atoms with Crippen molar-refractivity contribution in [3.8, 4) is 0 Å². The normalized spacial score (nSPS) is 26.2. The van der Waals surface area contributed by atoms with Gasteiger partial charge in [0.2, 0.25) is 15.9 Å². The third kappa shape index (κ3) is 2.70. The number of hydrogen-bond acceptors (Lipinski definition) is 4. The average molecular weight is 342 g/mol. The van der Waals surface area contributed by atoms with Gasteiger partial charge in [0.05, 0.1) is 12.3 Å². The Morgan fingerprint density at radius 3 is 2.86 bits per heavy atom. The van der Waals surface area contributed by atoms with Crippen molar-refractivity contribution in [3.63, 3.8) is 0 Å². The van der Waals surface area contributed by atoms with Crippen molar-refractivity contribution in [2.75, 3.05) is 19.3 Å². The van der Waals surface area contributed by atoms with Crippen LogP contribution in [0.1, 0.15) is 42.7 Å². The van der Waals surface area contributed by atoms with E-state index in [2.05, 4.69) is 18.4 Å². The molecule has 2 atom stereocenters. The molecule has 0 saturated carbocycles. The first-order valence-corrected chi connectivity index (χ1v) is 10.5. The van der Waals surface area contributed by atoms with Crippen LogP contribution >= 0.6 is 11.3 Å². The number of carbonyl (C=O) groups excluding carboxylic acids is 1. The fourth-order valence-electron chi connectivity index (χ4n) is 3.68. The van der Waals surface area contributed by atoms with Crippen LogP contribution in [-0.2, 0) is 21.2 Å². The quantitative estimate of drug-likeness (QED) is 0.844. The van der Waals surface area contributed by atoms with Crippen LogP contribution in [0, 0.1) is 0 Å². The molecule has 0 radical (unpaired) electrons. The lowest BCUT2D eigenvalue weighted by molar-refractivity contribution is -0.137. The van der Waals surface area contributed by atoms with Gasteiger partial charge in [0.25, 0.3) is 0 Å². The van der Waals surface area contributed by atoms with Gasteiger partial charge in [0.15, 0.2) is 0 Å². The van der Waals surface area contributed by atoms with E-state index in [1.165, 1.54) is 21.0 Å². The molecule has 3 heterocycles. The highest BCUT2D eigenvalue weighted by Gasteiger charge is 2.41. The summed E-state index contributed by atoms with van der Waals surface area (Å²) in [6, 6.07) is 1.69. The Bertz CT molecular complexity index is 668. The lowest BCUT2D eigenvalue weighted by atomic mass is 9.96. The lowest BCUT2D eigenvalue weighted by Crippen LogP contribution is -2.50. The summed E-state index contributed by atoms with van der Waals surface area (Å²) >= 11 is 1.75. The smallest absolute Gasteiger partial charge is 0.241 e. The molecular weight excluding hydrogens is 320 g/mol. The Balaban J connectivity index is 1.86. The summed E-state index contributed by atoms with van der Waals surface area (Å²) in [7, 11) is -3.32. The van der Waals surface area contributed by atoms with E-state index in [0.717, 1.165) is 19.3 Å². The molecule has 0 aliphatic carbocycles. The first-order chi connectivity index (χ1) is 10.4. The van der Waals surface area contributed by atoms with Crippen LogP contribution in [0.3, 0.4) is 0 Å². The molecule has 1 aromatic rings. The fraction of sp³-hybridized carbons (Fsp3) is 0.667. The molecule has 0 aromatic carbocycles. The number of sulfonamides is 1. The predicted octanol–water partition coefficient (Wildman–Crippen LogP) is 2.01. The van der Waals surface area contributed by atoms with Gasteiger partial charge < -0.3 is 4.90 Å². The molecule has 0 N–H and O–H groups in total. The van der Waals surface area contributed by atoms with Gasteiger partial charge in [0, 0.05) is 18.0 Å². The second kappa shape index (κ2) is 5.94. The molecule has 1 fully saturated rings. The minimum atomic E-state index is -3.32. The average Bonchev–Trinajstić information content (AvgIpc) is 3.12. The molecule has 1 saturated heterocycles. The fourth-order valence-corrected chi connectivity index (χ4v) is 5.72. The van der Waals surface area contributed by atoms with Crippen LogP contribution in [-0.4, -0.2) is 48.9 Å². The molecule has 3 rings (SSSR count). The zero-order valence-electron chi connectivity index (χ0n) is 13.0. The summed E-state index contributed by atoms with van der Waals surface area (Å²) in [6.45, 7) is 3.24. The van der Waals surface area contributed by atoms with Crippen molar-refractivity contribution in [2.45, 2.75) is 44.7 Å². The maximum Gasteiger partial charge on any atom is 0.241 e. The van der Waals surface area contributed by atoms with Crippen LogP contribution in [0.4, 0.5) is 0 Å². The standard InChI is InChI=1S/C15H22N2O3S2/c1-3-12-11-7-10-21-14(11)6-9-16(12)15(18)13-5-4-8-17(13)22(2,19)20/h7,10,12-13H,3-6,8-9H2,1-2H3. The van der Waals surface area contributed by atoms with Crippen LogP contribution in [0.25, 0.3) is 0 Å². The van der Waals surface area contributed by atoms with Crippen molar-refractivity contribution >= 4 is 27.3 Å². The lowest BCUT2D eigenvalue weighted by Gasteiger charge is -2.38. The number of fused-ring (bicyclic) bond motifs is 1. The summed E-state index contributed by atoms with van der Waals surface area (Å²) in [4.78, 5) is 16.3. The third-order valence-corrected chi connectivity index (χ3v) is 6.96. The van der Waals surface area contributed by atoms with E-state index in [0.29, 0.717) is 19.5 Å². The molecular formula is C15H22N2O3S2. The summed E-state index contributed by atoms with van der Waals surface area (Å²) in [5.74, 6) is -0.0216. The number of rotatable bonds is 3. The van der Waals surface area contributed by atoms with Gasteiger partial charge in [-0.25, -0.2) is 8.42 Å². The zero-order chi connectivity index (χ0) is 15.9. The largest absolute Gasteiger partial charge is 0.334 e. The molecule has 2 unspecified atom stereocenters. The minimum absolute atomic E-state index is 0.0216. The van der Waals surface area contributed by atoms with Crippen LogP contribution in [0.2, 0.25) is 0 Å². The Morgan fingerprint density at radius 2 is 2.18 bits per heavy atom. The van der Waals surface area contributed by atoms with Gasteiger partial charge in [-0.1, -0.05) is 6.92 Å². The monoisotopic (exact) mass is 342 g/mol. The van der Waals surface area contributed by atoms with Gasteiger partial charge in [0.1, 0.15) is 6.04 Å². The molecule has 2 aliphatic heterocycles. The summed E-state index contributed by atoms with van der Waals surface area (Å²) in [5, 5.41) is 2.08. The van der Waals surface area contributed by atoms with Gasteiger partial charge in [-0.3, -0.25) is 4.79 Å². The van der Waals surface area contributed by atoms with E-state index in [-0.39, 0.29) is 11.9 Å². The van der Waals surface area contributed by atoms with E-state index < -0.39 is 16.1 Å². The van der Waals surface area contributed by atoms with Gasteiger partial charge >= 0.3 is 0 Å². The van der Waals surface area contributed by atoms with Crippen LogP contribution < -0.4 is 0 Å². The van der Waals surface area contributed by atoms with Crippen molar-refractivity contribution in [2.24, 2.45) is 0 Å². The second-order valence-corrected chi connectivity index (χ2v) is 8.97. The van der Waals surface area contributed by atoms with Gasteiger partial charge in [-0.15, -0.1) is 11.3 Å². The Hall–Kier alpha value is -0.920. The van der Waals surface area contributed by atoms with Crippen LogP contribution in [0.15, 0.2) is 11.4 Å². The molecule has 1 amide bonds. The summed E-state index contributed by atoms with van der Waals surface area (Å²) in [6.07, 6.45) is 4.33. The molecule has 2 aliphatic rings. The summed E-state index contributed by atoms with van der Waals surface area (Å²) in [5.41, 5.74) is 1.25. The van der Waals surface area contributed by atoms with Gasteiger partial charge in [-0.05, 0) is 42.7 Å². The molecule has 0 bridgehead atoms. The van der Waals surface area contributed by atoms with Crippen molar-refractivity contribution < 1.29 is 13.2 Å². The van der Waals surface area contributed by atoms with E-state index in [9.17, 15) is 13.2 Å². The SMILES string of the molecule is CCC1c2ccsc2CCN1C(=O)C1CCCN1S(C)(=O)=O. The highest BCUT2D eigenvalue weighted by Crippen LogP contribution is 2.36. The maximum atomic E-state index is 13.0. The molecule has 7 heteroatoms. The molecule has 122 valence electrons. The van der Waals surface area contributed by atoms with E-state index in [1.54, 1.807) is 11.3 Å². The summed E-state index contributed by atoms with van der Waals surface area (Å²) < 4.78 is 25.2. The Labute approximate surface area is 136 Å². The topological polar surface area (TPSA) is 57.7 Å². The Morgan fingerprint density at radius 1 is 1.41 bits per heavy atom. The highest BCUT2D eigenvalue weighted by molar-refractivity contribution is 7.88. The van der Waals surface area contributed by atoms with Crippen molar-refractivity contribution in [3.05, 3.63) is 21.9 Å². The second-order valence-electron chi connectivity index (χ2n) is 6.04. The molecule has 22 heavy (non-hydrogen) atoms. The number of carbonyl (C=O) groups is 1. The molecule has 5 nitrogen and oxygen atoms in total. The first-order valence-electron chi connectivity index (χ1n) is 7.77. The Kier molecular flexibility index (Phi) is 4.31. The van der Waals surface area contributed by atoms with Crippen molar-refractivity contribution in [1.29, 1.82) is 0 Å². The van der Waals surface area contributed by atoms with E-state index in [1.807, 2.05) is 4.90 Å². The van der Waals surface area contributed by atoms with Crippen LogP contribution in [0.5, 0.6) is 0 Å². The van der Waals surface area contributed by atoms with E-state index >= 15 is 0 Å². The molecule has 0 spiro atoms. The highest BCUT2D eigenvalue weighted by atomic mass is 32.2. The van der Waals surface area contributed by atoms with E-state index in [4.69, 9.17) is 0 Å². The first kappa shape index (κ1) is 16.0. The maximum absolute atomic E-state index is 13.0. The van der Waals surface area contributed by atoms with Gasteiger partial charge in [-0.2, -0.15) is 4.31 Å². The zero-order valence-corrected chi connectivity index (χ0v) is 14.6. The van der Waals surface area contributed by atoms with Crippen molar-refractivity contribution in [1.82, 2.24) is 9.21 Å². The predicted molar refractivity (Wildman–Crippen MR) is 87.3 cm³/mol. The number of thiophene rings is 1. The minimum Gasteiger partial charge on any atom is -0.334 e. The number of amides is 1.